The van der Waals surface area contributed by atoms with Crippen molar-refractivity contribution >= 4 is 11.6 Å². The number of nitrogens with zero attached hydrogens (tertiary/aromatic N) is 1. The minimum Gasteiger partial charge on any atom is -0.376 e. The van der Waals surface area contributed by atoms with Gasteiger partial charge in [-0.25, -0.2) is 0 Å². The summed E-state index contributed by atoms with van der Waals surface area (Å²) < 4.78 is 38.1. The second-order valence-electron chi connectivity index (χ2n) is 5.32. The van der Waals surface area contributed by atoms with Crippen LogP contribution in [0.15, 0.2) is 18.2 Å². The van der Waals surface area contributed by atoms with Gasteiger partial charge in [0.1, 0.15) is 0 Å². The van der Waals surface area contributed by atoms with Crippen molar-refractivity contribution in [2.24, 2.45) is 0 Å². The van der Waals surface area contributed by atoms with Crippen LogP contribution < -0.4 is 5.32 Å². The molecule has 0 bridgehead atoms. The molecule has 3 nitrogen and oxygen atoms in total. The van der Waals surface area contributed by atoms with Crippen molar-refractivity contribution in [2.45, 2.75) is 32.4 Å². The van der Waals surface area contributed by atoms with Crippen LogP contribution >= 0.6 is 0 Å². The van der Waals surface area contributed by atoms with Crippen LogP contribution in [0.25, 0.3) is 0 Å². The third kappa shape index (κ3) is 4.12. The lowest BCUT2D eigenvalue weighted by Crippen LogP contribution is -2.39. The molecular formula is C15H19F3N2O. The smallest absolute Gasteiger partial charge is 0.376 e. The van der Waals surface area contributed by atoms with E-state index in [1.807, 2.05) is 0 Å². The van der Waals surface area contributed by atoms with Gasteiger partial charge >= 0.3 is 6.18 Å². The lowest BCUT2D eigenvalue weighted by molar-refractivity contribution is -0.137. The lowest BCUT2D eigenvalue weighted by Gasteiger charge is -2.27. The highest BCUT2D eigenvalue weighted by atomic mass is 19.4. The summed E-state index contributed by atoms with van der Waals surface area (Å²) in [7, 11) is 0. The highest BCUT2D eigenvalue weighted by Gasteiger charge is 2.30. The summed E-state index contributed by atoms with van der Waals surface area (Å²) in [6.07, 6.45) is -1.26. The molecule has 2 rings (SSSR count). The number of benzene rings is 1. The van der Waals surface area contributed by atoms with Crippen LogP contribution in [-0.2, 0) is 11.0 Å². The van der Waals surface area contributed by atoms with Crippen LogP contribution in [0, 0.1) is 6.92 Å². The van der Waals surface area contributed by atoms with Gasteiger partial charge in [-0.15, -0.1) is 0 Å². The molecule has 1 aliphatic rings. The largest absolute Gasteiger partial charge is 0.416 e. The highest BCUT2D eigenvalue weighted by molar-refractivity contribution is 5.81. The number of carbonyl (C=O) groups is 1. The van der Waals surface area contributed by atoms with E-state index in [2.05, 4.69) is 5.32 Å². The number of hydrogen-bond acceptors (Lipinski definition) is 2. The standard InChI is InChI=1S/C15H19F3N2O/c1-11-5-6-12(15(16,17)18)9-13(11)19-10-14(21)20-7-3-2-4-8-20/h5-6,9,19H,2-4,7-8,10H2,1H3. The molecule has 1 fully saturated rings. The maximum absolute atomic E-state index is 12.7. The minimum absolute atomic E-state index is 0.0299. The van der Waals surface area contributed by atoms with Gasteiger partial charge in [-0.2, -0.15) is 13.2 Å². The van der Waals surface area contributed by atoms with E-state index in [9.17, 15) is 18.0 Å². The molecule has 1 amide bonds. The summed E-state index contributed by atoms with van der Waals surface area (Å²) in [5.74, 6) is -0.0634. The fourth-order valence-corrected chi connectivity index (χ4v) is 2.41. The first-order valence-corrected chi connectivity index (χ1v) is 7.07. The van der Waals surface area contributed by atoms with Crippen LogP contribution in [0.5, 0.6) is 0 Å². The predicted octanol–water partition coefficient (Wildman–Crippen LogP) is 3.44. The fraction of sp³-hybridized carbons (Fsp3) is 0.533. The summed E-state index contributed by atoms with van der Waals surface area (Å²) in [5, 5.41) is 2.83. The Morgan fingerprint density at radius 1 is 1.24 bits per heavy atom. The van der Waals surface area contributed by atoms with E-state index in [1.165, 1.54) is 6.07 Å². The molecule has 0 saturated carbocycles. The van der Waals surface area contributed by atoms with Crippen molar-refractivity contribution in [3.8, 4) is 0 Å². The molecule has 0 radical (unpaired) electrons. The van der Waals surface area contributed by atoms with Crippen molar-refractivity contribution in [2.75, 3.05) is 25.0 Å². The molecule has 1 N–H and O–H groups in total. The predicted molar refractivity (Wildman–Crippen MR) is 75.1 cm³/mol. The summed E-state index contributed by atoms with van der Waals surface area (Å²) in [5.41, 5.74) is 0.339. The van der Waals surface area contributed by atoms with E-state index in [-0.39, 0.29) is 12.5 Å². The molecule has 1 aromatic carbocycles. The van der Waals surface area contributed by atoms with E-state index in [1.54, 1.807) is 11.8 Å². The number of aryl methyl sites for hydroxylation is 1. The summed E-state index contributed by atoms with van der Waals surface area (Å²) in [6, 6.07) is 3.52. The topological polar surface area (TPSA) is 32.3 Å². The normalized spacial score (nSPS) is 15.9. The Balaban J connectivity index is 2.00. The summed E-state index contributed by atoms with van der Waals surface area (Å²) in [4.78, 5) is 13.8. The zero-order valence-electron chi connectivity index (χ0n) is 12.0. The Hall–Kier alpha value is -1.72. The van der Waals surface area contributed by atoms with Crippen molar-refractivity contribution in [3.63, 3.8) is 0 Å². The number of amides is 1. The van der Waals surface area contributed by atoms with Crippen molar-refractivity contribution in [1.82, 2.24) is 4.90 Å². The van der Waals surface area contributed by atoms with Crippen molar-refractivity contribution in [3.05, 3.63) is 29.3 Å². The van der Waals surface area contributed by atoms with Gasteiger partial charge in [0.25, 0.3) is 0 Å². The van der Waals surface area contributed by atoms with Crippen LogP contribution in [-0.4, -0.2) is 30.4 Å². The fourth-order valence-electron chi connectivity index (χ4n) is 2.41. The maximum atomic E-state index is 12.7. The van der Waals surface area contributed by atoms with Crippen molar-refractivity contribution < 1.29 is 18.0 Å². The zero-order chi connectivity index (χ0) is 15.5. The molecule has 0 spiro atoms. The van der Waals surface area contributed by atoms with Crippen LogP contribution in [0.2, 0.25) is 0 Å². The lowest BCUT2D eigenvalue weighted by atomic mass is 10.1. The van der Waals surface area contributed by atoms with Crippen LogP contribution in [0.1, 0.15) is 30.4 Å². The Labute approximate surface area is 122 Å². The zero-order valence-corrected chi connectivity index (χ0v) is 12.0. The summed E-state index contributed by atoms with van der Waals surface area (Å²) >= 11 is 0. The van der Waals surface area contributed by atoms with Gasteiger partial charge in [-0.05, 0) is 43.9 Å². The number of halogens is 3. The SMILES string of the molecule is Cc1ccc(C(F)(F)F)cc1NCC(=O)N1CCCCC1. The number of carbonyl (C=O) groups excluding carboxylic acids is 1. The number of anilines is 1. The first-order valence-electron chi connectivity index (χ1n) is 7.07. The van der Waals surface area contributed by atoms with Crippen LogP contribution in [0.4, 0.5) is 18.9 Å². The van der Waals surface area contributed by atoms with Gasteiger partial charge in [-0.3, -0.25) is 4.79 Å². The molecule has 0 aliphatic carbocycles. The van der Waals surface area contributed by atoms with Gasteiger partial charge in [-0.1, -0.05) is 6.07 Å². The van der Waals surface area contributed by atoms with E-state index in [4.69, 9.17) is 0 Å². The van der Waals surface area contributed by atoms with Gasteiger partial charge in [0.05, 0.1) is 12.1 Å². The Kier molecular flexibility index (Phi) is 4.75. The first kappa shape index (κ1) is 15.7. The number of likely N-dealkylation sites (tertiary alicyclic amines) is 1. The third-order valence-corrected chi connectivity index (χ3v) is 3.70. The number of alkyl halides is 3. The Morgan fingerprint density at radius 2 is 1.90 bits per heavy atom. The molecule has 116 valence electrons. The Bertz CT molecular complexity index is 508. The molecule has 1 saturated heterocycles. The molecule has 0 aromatic heterocycles. The molecular weight excluding hydrogens is 281 g/mol. The molecule has 1 heterocycles. The van der Waals surface area contributed by atoms with Crippen LogP contribution in [0.3, 0.4) is 0 Å². The maximum Gasteiger partial charge on any atom is 0.416 e. The molecule has 21 heavy (non-hydrogen) atoms. The molecule has 0 unspecified atom stereocenters. The molecule has 1 aromatic rings. The summed E-state index contributed by atoms with van der Waals surface area (Å²) in [6.45, 7) is 3.22. The monoisotopic (exact) mass is 300 g/mol. The molecule has 0 atom stereocenters. The average Bonchev–Trinajstić information content (AvgIpc) is 2.45. The molecule has 1 aliphatic heterocycles. The van der Waals surface area contributed by atoms with E-state index in [0.717, 1.165) is 44.5 Å². The second-order valence-corrected chi connectivity index (χ2v) is 5.32. The quantitative estimate of drug-likeness (QED) is 0.927. The van der Waals surface area contributed by atoms with Crippen molar-refractivity contribution in [1.29, 1.82) is 0 Å². The number of piperidine rings is 1. The average molecular weight is 300 g/mol. The number of nitrogens with one attached hydrogen (secondary N) is 1. The van der Waals surface area contributed by atoms with E-state index < -0.39 is 11.7 Å². The number of rotatable bonds is 3. The highest BCUT2D eigenvalue weighted by Crippen LogP contribution is 2.31. The van der Waals surface area contributed by atoms with E-state index in [0.29, 0.717) is 11.3 Å². The van der Waals surface area contributed by atoms with E-state index >= 15 is 0 Å². The van der Waals surface area contributed by atoms with Gasteiger partial charge in [0.15, 0.2) is 0 Å². The minimum atomic E-state index is -4.37. The molecule has 6 heteroatoms. The van der Waals surface area contributed by atoms with Gasteiger partial charge < -0.3 is 10.2 Å². The number of hydrogen-bond donors (Lipinski definition) is 1. The Morgan fingerprint density at radius 3 is 2.52 bits per heavy atom. The van der Waals surface area contributed by atoms with Gasteiger partial charge in [0, 0.05) is 18.8 Å². The first-order chi connectivity index (χ1) is 9.88. The third-order valence-electron chi connectivity index (χ3n) is 3.70. The van der Waals surface area contributed by atoms with Gasteiger partial charge in [0.2, 0.25) is 5.91 Å². The second kappa shape index (κ2) is 6.37.